The van der Waals surface area contributed by atoms with E-state index in [-0.39, 0.29) is 29.4 Å². The largest absolute Gasteiger partial charge is 0.327 e. The molecule has 2 aromatic rings. The highest BCUT2D eigenvalue weighted by molar-refractivity contribution is 5.81. The van der Waals surface area contributed by atoms with Gasteiger partial charge in [-0.15, -0.1) is 0 Å². The molecule has 2 heterocycles. The smallest absolute Gasteiger partial charge is 0.309 e. The quantitative estimate of drug-likeness (QED) is 0.759. The number of nitrogens with zero attached hydrogens (tertiary/aromatic N) is 2. The summed E-state index contributed by atoms with van der Waals surface area (Å²) >= 11 is 0. The Kier molecular flexibility index (Phi) is 2.66. The number of ketones is 1. The molecule has 0 aliphatic carbocycles. The van der Waals surface area contributed by atoms with Crippen molar-refractivity contribution in [2.75, 3.05) is 0 Å². The second kappa shape index (κ2) is 4.00. The Morgan fingerprint density at radius 1 is 1.41 bits per heavy atom. The van der Waals surface area contributed by atoms with Crippen LogP contribution >= 0.6 is 0 Å². The molecule has 0 atom stereocenters. The Hall–Kier alpha value is -2.18. The van der Waals surface area contributed by atoms with Crippen molar-refractivity contribution < 1.29 is 4.79 Å². The van der Waals surface area contributed by atoms with Crippen molar-refractivity contribution in [3.63, 3.8) is 0 Å². The average Bonchev–Trinajstić information content (AvgIpc) is 2.61. The summed E-state index contributed by atoms with van der Waals surface area (Å²) in [4.78, 5) is 42.5. The van der Waals surface area contributed by atoms with Crippen molar-refractivity contribution in [1.29, 1.82) is 0 Å². The minimum absolute atomic E-state index is 0.00503. The molecule has 0 amide bonds. The van der Waals surface area contributed by atoms with Gasteiger partial charge in [-0.05, 0) is 0 Å². The molecule has 2 rings (SSSR count). The van der Waals surface area contributed by atoms with Crippen molar-refractivity contribution in [2.24, 2.45) is 5.92 Å². The molecule has 0 radical (unpaired) electrons. The molecule has 7 heteroatoms. The van der Waals surface area contributed by atoms with Crippen LogP contribution in [0.25, 0.3) is 11.2 Å². The van der Waals surface area contributed by atoms with E-state index >= 15 is 0 Å². The molecule has 0 unspecified atom stereocenters. The lowest BCUT2D eigenvalue weighted by atomic mass is 10.1. The maximum absolute atomic E-state index is 11.6. The zero-order valence-electron chi connectivity index (χ0n) is 9.48. The molecule has 2 N–H and O–H groups in total. The number of rotatable bonds is 3. The van der Waals surface area contributed by atoms with Gasteiger partial charge in [0.15, 0.2) is 11.3 Å². The molecule has 90 valence electrons. The standard InChI is InChI=1S/C10H12N4O3/c1-5(2)6(15)3-14-4-11-7-8(14)12-10(17)13-9(7)16/h4-5H,3H2,1-2H3,(H2,12,13,16,17). The molecule has 0 saturated heterocycles. The van der Waals surface area contributed by atoms with Gasteiger partial charge in [0.25, 0.3) is 5.56 Å². The third-order valence-electron chi connectivity index (χ3n) is 2.48. The van der Waals surface area contributed by atoms with Crippen molar-refractivity contribution in [3.8, 4) is 0 Å². The fourth-order valence-electron chi connectivity index (χ4n) is 1.45. The molecule has 2 aromatic heterocycles. The highest BCUT2D eigenvalue weighted by Gasteiger charge is 2.12. The first-order valence-electron chi connectivity index (χ1n) is 5.19. The third kappa shape index (κ3) is 2.03. The number of hydrogen-bond donors (Lipinski definition) is 2. The molecule has 17 heavy (non-hydrogen) atoms. The molecular weight excluding hydrogens is 224 g/mol. The van der Waals surface area contributed by atoms with E-state index in [1.165, 1.54) is 10.9 Å². The summed E-state index contributed by atoms with van der Waals surface area (Å²) in [7, 11) is 0. The van der Waals surface area contributed by atoms with E-state index in [1.807, 2.05) is 0 Å². The molecule has 0 saturated carbocycles. The molecule has 0 fully saturated rings. The number of imidazole rings is 1. The van der Waals surface area contributed by atoms with Crippen molar-refractivity contribution in [2.45, 2.75) is 20.4 Å². The molecule has 0 bridgehead atoms. The first-order chi connectivity index (χ1) is 7.99. The van der Waals surface area contributed by atoms with Crippen LogP contribution in [0.15, 0.2) is 15.9 Å². The zero-order chi connectivity index (χ0) is 12.6. The highest BCUT2D eigenvalue weighted by Crippen LogP contribution is 2.05. The first kappa shape index (κ1) is 11.3. The number of fused-ring (bicyclic) bond motifs is 1. The van der Waals surface area contributed by atoms with Crippen LogP contribution < -0.4 is 11.2 Å². The van der Waals surface area contributed by atoms with Gasteiger partial charge in [0.05, 0.1) is 12.9 Å². The number of hydrogen-bond acceptors (Lipinski definition) is 4. The van der Waals surface area contributed by atoms with Crippen LogP contribution in [-0.2, 0) is 11.3 Å². The van der Waals surface area contributed by atoms with Gasteiger partial charge in [0.1, 0.15) is 5.65 Å². The van der Waals surface area contributed by atoms with Crippen LogP contribution in [0.4, 0.5) is 0 Å². The number of nitrogens with one attached hydrogen (secondary N) is 2. The summed E-state index contributed by atoms with van der Waals surface area (Å²) < 4.78 is 1.47. The summed E-state index contributed by atoms with van der Waals surface area (Å²) in [6.45, 7) is 3.67. The summed E-state index contributed by atoms with van der Waals surface area (Å²) in [6, 6.07) is 0. The number of aromatic amines is 2. The van der Waals surface area contributed by atoms with E-state index < -0.39 is 11.2 Å². The fraction of sp³-hybridized carbons (Fsp3) is 0.400. The van der Waals surface area contributed by atoms with E-state index in [0.717, 1.165) is 0 Å². The number of carbonyl (C=O) groups excluding carboxylic acids is 1. The summed E-state index contributed by atoms with van der Waals surface area (Å²) in [5.74, 6) is -0.105. The normalized spacial score (nSPS) is 11.2. The maximum Gasteiger partial charge on any atom is 0.327 e. The van der Waals surface area contributed by atoms with E-state index in [0.29, 0.717) is 0 Å². The average molecular weight is 236 g/mol. The van der Waals surface area contributed by atoms with E-state index in [9.17, 15) is 14.4 Å². The lowest BCUT2D eigenvalue weighted by molar-refractivity contribution is -0.122. The molecule has 0 aliphatic rings. The number of H-pyrrole nitrogens is 2. The van der Waals surface area contributed by atoms with Crippen LogP contribution in [0.2, 0.25) is 0 Å². The number of Topliss-reactive ketones (excluding diaryl/α,β-unsaturated/α-hetero) is 1. The predicted octanol–water partition coefficient (Wildman–Crippen LogP) is -0.362. The zero-order valence-corrected chi connectivity index (χ0v) is 9.48. The lowest BCUT2D eigenvalue weighted by Crippen LogP contribution is -2.23. The van der Waals surface area contributed by atoms with E-state index in [2.05, 4.69) is 15.0 Å². The topological polar surface area (TPSA) is 101 Å². The van der Waals surface area contributed by atoms with E-state index in [1.54, 1.807) is 13.8 Å². The van der Waals surface area contributed by atoms with Crippen LogP contribution in [0.3, 0.4) is 0 Å². The number of aromatic nitrogens is 4. The maximum atomic E-state index is 11.6. The summed E-state index contributed by atoms with van der Waals surface area (Å²) in [5, 5.41) is 0. The molecular formula is C10H12N4O3. The minimum Gasteiger partial charge on any atom is -0.309 e. The van der Waals surface area contributed by atoms with Gasteiger partial charge in [-0.25, -0.2) is 9.78 Å². The van der Waals surface area contributed by atoms with Crippen LogP contribution in [-0.4, -0.2) is 25.3 Å². The van der Waals surface area contributed by atoms with Crippen molar-refractivity contribution in [3.05, 3.63) is 27.2 Å². The van der Waals surface area contributed by atoms with Crippen LogP contribution in [0.1, 0.15) is 13.8 Å². The Labute approximate surface area is 95.5 Å². The van der Waals surface area contributed by atoms with Crippen molar-refractivity contribution in [1.82, 2.24) is 19.5 Å². The van der Waals surface area contributed by atoms with Gasteiger partial charge in [-0.2, -0.15) is 0 Å². The van der Waals surface area contributed by atoms with Gasteiger partial charge in [-0.1, -0.05) is 13.8 Å². The fourth-order valence-corrected chi connectivity index (χ4v) is 1.45. The van der Waals surface area contributed by atoms with Gasteiger partial charge < -0.3 is 4.57 Å². The van der Waals surface area contributed by atoms with Crippen molar-refractivity contribution >= 4 is 16.9 Å². The monoisotopic (exact) mass is 236 g/mol. The summed E-state index contributed by atoms with van der Waals surface area (Å²) in [6.07, 6.45) is 1.37. The molecule has 0 aromatic carbocycles. The Balaban J connectivity index is 2.53. The van der Waals surface area contributed by atoms with Gasteiger partial charge in [0, 0.05) is 5.92 Å². The number of carbonyl (C=O) groups is 1. The molecule has 0 spiro atoms. The molecule has 0 aliphatic heterocycles. The summed E-state index contributed by atoms with van der Waals surface area (Å²) in [5.41, 5.74) is -0.769. The van der Waals surface area contributed by atoms with Gasteiger partial charge in [-0.3, -0.25) is 19.6 Å². The van der Waals surface area contributed by atoms with Crippen LogP contribution in [0.5, 0.6) is 0 Å². The SMILES string of the molecule is CC(C)C(=O)Cn1cnc2c(=O)[nH]c(=O)[nH]c21. The Bertz CT molecular complexity index is 677. The van der Waals surface area contributed by atoms with Crippen LogP contribution in [0, 0.1) is 5.92 Å². The Morgan fingerprint density at radius 3 is 2.76 bits per heavy atom. The first-order valence-corrected chi connectivity index (χ1v) is 5.19. The second-order valence-corrected chi connectivity index (χ2v) is 4.10. The minimum atomic E-state index is -0.610. The van der Waals surface area contributed by atoms with Gasteiger partial charge in [0.2, 0.25) is 0 Å². The molecule has 7 nitrogen and oxygen atoms in total. The Morgan fingerprint density at radius 2 is 2.12 bits per heavy atom. The second-order valence-electron chi connectivity index (χ2n) is 4.10. The third-order valence-corrected chi connectivity index (χ3v) is 2.48. The van der Waals surface area contributed by atoms with E-state index in [4.69, 9.17) is 0 Å². The lowest BCUT2D eigenvalue weighted by Gasteiger charge is -2.05. The predicted molar refractivity (Wildman–Crippen MR) is 60.8 cm³/mol. The highest BCUT2D eigenvalue weighted by atomic mass is 16.2. The van der Waals surface area contributed by atoms with Gasteiger partial charge >= 0.3 is 5.69 Å².